The van der Waals surface area contributed by atoms with E-state index in [1.165, 1.54) is 0 Å². The van der Waals surface area contributed by atoms with Crippen molar-refractivity contribution in [1.29, 1.82) is 0 Å². The molecule has 8 nitrogen and oxygen atoms in total. The van der Waals surface area contributed by atoms with Crippen LogP contribution in [-0.4, -0.2) is 14.7 Å². The normalized spacial score (nSPS) is 10.7. The molecule has 75 valence electrons. The molecule has 0 heterocycles. The van der Waals surface area contributed by atoms with Gasteiger partial charge in [-0.1, -0.05) is 0 Å². The Labute approximate surface area is 76.9 Å². The van der Waals surface area contributed by atoms with E-state index in [1.807, 2.05) is 0 Å². The van der Waals surface area contributed by atoms with E-state index in [1.54, 1.807) is 0 Å². The molecular weight excluding hydrogens is 298 g/mol. The Morgan fingerprint density at radius 3 is 0.909 bits per heavy atom. The summed E-state index contributed by atoms with van der Waals surface area (Å²) in [5, 5.41) is 0. The maximum atomic E-state index is 8.88. The second-order valence-corrected chi connectivity index (χ2v) is 2.88. The third-order valence-corrected chi connectivity index (χ3v) is 0. The van der Waals surface area contributed by atoms with Crippen molar-refractivity contribution < 1.29 is 60.9 Å². The SMILES string of the molecule is O=P(O)(O)O.O=P([O-])([O-])[O-].[Ag]. The van der Waals surface area contributed by atoms with Crippen LogP contribution < -0.4 is 14.7 Å². The van der Waals surface area contributed by atoms with Crippen molar-refractivity contribution in [3.05, 3.63) is 0 Å². The van der Waals surface area contributed by atoms with Crippen LogP contribution in [-0.2, 0) is 31.5 Å². The molecule has 3 N–H and O–H groups in total. The maximum absolute atomic E-state index is 8.88. The Hall–Kier alpha value is 0.960. The van der Waals surface area contributed by atoms with Crippen molar-refractivity contribution in [2.24, 2.45) is 0 Å². The van der Waals surface area contributed by atoms with Gasteiger partial charge in [0.1, 0.15) is 0 Å². The molecule has 0 rings (SSSR count). The molecule has 0 spiro atoms. The summed E-state index contributed by atoms with van der Waals surface area (Å²) in [6, 6.07) is 0. The summed E-state index contributed by atoms with van der Waals surface area (Å²) in [6.45, 7) is 0. The van der Waals surface area contributed by atoms with Crippen LogP contribution >= 0.6 is 15.6 Å². The Kier molecular flexibility index (Phi) is 10.5. The largest absolute Gasteiger partial charge is 0.822 e. The molecule has 11 heavy (non-hydrogen) atoms. The van der Waals surface area contributed by atoms with Crippen molar-refractivity contribution in [2.45, 2.75) is 0 Å². The topological polar surface area (TPSA) is 164 Å². The summed E-state index contributed by atoms with van der Waals surface area (Å²) >= 11 is 0. The summed E-state index contributed by atoms with van der Waals surface area (Å²) in [5.74, 6) is 0. The molecular formula is H3AgO8P2-3. The molecule has 0 aliphatic carbocycles. The zero-order chi connectivity index (χ0) is 9.00. The average Bonchev–Trinajstić information content (AvgIpc) is 1.12. The van der Waals surface area contributed by atoms with Crippen LogP contribution in [0.2, 0.25) is 0 Å². The third kappa shape index (κ3) is 954. The number of hydrogen-bond acceptors (Lipinski definition) is 5. The average molecular weight is 301 g/mol. The summed E-state index contributed by atoms with van der Waals surface area (Å²) < 4.78 is 17.4. The first kappa shape index (κ1) is 17.9. The summed E-state index contributed by atoms with van der Waals surface area (Å²) in [7, 11) is -10.0. The van der Waals surface area contributed by atoms with Gasteiger partial charge in [-0.2, -0.15) is 7.82 Å². The van der Waals surface area contributed by atoms with E-state index in [-0.39, 0.29) is 22.4 Å². The van der Waals surface area contributed by atoms with Crippen molar-refractivity contribution in [3.63, 3.8) is 0 Å². The fraction of sp³-hybridized carbons (Fsp3) is 0. The van der Waals surface area contributed by atoms with Gasteiger partial charge in [0.05, 0.1) is 0 Å². The van der Waals surface area contributed by atoms with Crippen LogP contribution in [0.3, 0.4) is 0 Å². The Morgan fingerprint density at radius 2 is 0.909 bits per heavy atom. The van der Waals surface area contributed by atoms with Crippen LogP contribution in [0, 0.1) is 0 Å². The van der Waals surface area contributed by atoms with E-state index in [0.717, 1.165) is 0 Å². The second kappa shape index (κ2) is 6.47. The van der Waals surface area contributed by atoms with Crippen molar-refractivity contribution >= 4 is 15.6 Å². The standard InChI is InChI=1S/Ag.2H3O4P/c;2*1-5(2,3)4/h;2*(H3,1,2,3,4)/p-3. The van der Waals surface area contributed by atoms with E-state index >= 15 is 0 Å². The molecule has 0 atom stereocenters. The Balaban J connectivity index is -0.000000107. The summed E-state index contributed by atoms with van der Waals surface area (Å²) in [4.78, 5) is 47.2. The van der Waals surface area contributed by atoms with Gasteiger partial charge in [-0.05, 0) is 0 Å². The van der Waals surface area contributed by atoms with E-state index in [2.05, 4.69) is 0 Å². The fourth-order valence-corrected chi connectivity index (χ4v) is 0. The molecule has 0 bridgehead atoms. The van der Waals surface area contributed by atoms with Gasteiger partial charge in [0.25, 0.3) is 0 Å². The smallest absolute Gasteiger partial charge is 0.466 e. The van der Waals surface area contributed by atoms with Crippen LogP contribution in [0.5, 0.6) is 0 Å². The quantitative estimate of drug-likeness (QED) is 0.303. The molecule has 1 radical (unpaired) electrons. The van der Waals surface area contributed by atoms with Gasteiger partial charge in [0.15, 0.2) is 0 Å². The minimum Gasteiger partial charge on any atom is -0.822 e. The molecule has 0 amide bonds. The van der Waals surface area contributed by atoms with Crippen LogP contribution in [0.15, 0.2) is 0 Å². The molecule has 0 aromatic carbocycles. The predicted octanol–water partition coefficient (Wildman–Crippen LogP) is -3.76. The molecule has 0 saturated heterocycles. The first-order chi connectivity index (χ1) is 4.00. The Morgan fingerprint density at radius 1 is 0.909 bits per heavy atom. The van der Waals surface area contributed by atoms with Crippen LogP contribution in [0.25, 0.3) is 0 Å². The molecule has 0 aromatic heterocycles. The van der Waals surface area contributed by atoms with Gasteiger partial charge >= 0.3 is 7.82 Å². The van der Waals surface area contributed by atoms with E-state index < -0.39 is 15.6 Å². The second-order valence-electron chi connectivity index (χ2n) is 0.960. The van der Waals surface area contributed by atoms with E-state index in [0.29, 0.717) is 0 Å². The van der Waals surface area contributed by atoms with E-state index in [4.69, 9.17) is 38.5 Å². The third-order valence-electron chi connectivity index (χ3n) is 0. The van der Waals surface area contributed by atoms with Gasteiger partial charge < -0.3 is 33.9 Å². The van der Waals surface area contributed by atoms with Gasteiger partial charge in [0.2, 0.25) is 0 Å². The molecule has 0 saturated carbocycles. The van der Waals surface area contributed by atoms with Gasteiger partial charge in [0, 0.05) is 22.4 Å². The van der Waals surface area contributed by atoms with Crippen molar-refractivity contribution in [3.8, 4) is 0 Å². The monoisotopic (exact) mass is 300 g/mol. The van der Waals surface area contributed by atoms with Gasteiger partial charge in [-0.3, -0.25) is 0 Å². The maximum Gasteiger partial charge on any atom is 0.466 e. The molecule has 0 aliphatic rings. The van der Waals surface area contributed by atoms with Crippen molar-refractivity contribution in [2.75, 3.05) is 0 Å². The number of phosphoric acid groups is 2. The zero-order valence-corrected chi connectivity index (χ0v) is 7.85. The molecule has 0 aliphatic heterocycles. The molecule has 0 aromatic rings. The number of hydrogen-bond donors (Lipinski definition) is 3. The minimum absolute atomic E-state index is 0. The molecule has 0 fully saturated rings. The van der Waals surface area contributed by atoms with Crippen LogP contribution in [0.4, 0.5) is 0 Å². The number of rotatable bonds is 0. The molecule has 11 heteroatoms. The Bertz CT molecular complexity index is 124. The fourth-order valence-electron chi connectivity index (χ4n) is 0. The van der Waals surface area contributed by atoms with Crippen LogP contribution in [0.1, 0.15) is 0 Å². The first-order valence-electron chi connectivity index (χ1n) is 1.51. The zero-order valence-electron chi connectivity index (χ0n) is 4.58. The first-order valence-corrected chi connectivity index (χ1v) is 4.54. The van der Waals surface area contributed by atoms with E-state index in [9.17, 15) is 0 Å². The molecule has 0 unspecified atom stereocenters. The predicted molar refractivity (Wildman–Crippen MR) is 21.9 cm³/mol. The van der Waals surface area contributed by atoms with Crippen molar-refractivity contribution in [1.82, 2.24) is 0 Å². The van der Waals surface area contributed by atoms with Gasteiger partial charge in [-0.15, -0.1) is 0 Å². The summed E-state index contributed by atoms with van der Waals surface area (Å²) in [5.41, 5.74) is 0. The van der Waals surface area contributed by atoms with Gasteiger partial charge in [-0.25, -0.2) is 4.57 Å². The minimum atomic E-state index is -5.39. The summed E-state index contributed by atoms with van der Waals surface area (Å²) in [6.07, 6.45) is 0.